The molecular formula is C24H27FN4O3. The zero-order chi connectivity index (χ0) is 22.9. The minimum atomic E-state index is -0.444. The number of phenolic OH excluding ortho intramolecular Hbond substituents is 1. The monoisotopic (exact) mass is 438 g/mol. The number of amides is 1. The summed E-state index contributed by atoms with van der Waals surface area (Å²) in [5, 5.41) is 13.8. The predicted molar refractivity (Wildman–Crippen MR) is 121 cm³/mol. The lowest BCUT2D eigenvalue weighted by molar-refractivity contribution is 0.104. The molecule has 0 saturated carbocycles. The van der Waals surface area contributed by atoms with E-state index in [-0.39, 0.29) is 23.0 Å². The van der Waals surface area contributed by atoms with Crippen LogP contribution in [0.3, 0.4) is 0 Å². The first-order chi connectivity index (χ1) is 15.2. The molecule has 4 rings (SSSR count). The largest absolute Gasteiger partial charge is 0.507 e. The number of fused-ring (bicyclic) bond motifs is 1. The fraction of sp³-hybridized carbons (Fsp3) is 0.375. The third-order valence-electron chi connectivity index (χ3n) is 5.23. The Morgan fingerprint density at radius 2 is 2.03 bits per heavy atom. The quantitative estimate of drug-likeness (QED) is 0.624. The molecule has 3 aromatic rings. The fourth-order valence-electron chi connectivity index (χ4n) is 3.67. The second-order valence-electron chi connectivity index (χ2n) is 9.26. The van der Waals surface area contributed by atoms with Gasteiger partial charge in [0.15, 0.2) is 5.82 Å². The summed E-state index contributed by atoms with van der Waals surface area (Å²) in [5.41, 5.74) is 0.970. The van der Waals surface area contributed by atoms with E-state index in [4.69, 9.17) is 4.74 Å². The van der Waals surface area contributed by atoms with Crippen LogP contribution < -0.4 is 10.2 Å². The normalized spacial score (nSPS) is 16.4. The molecule has 1 fully saturated rings. The van der Waals surface area contributed by atoms with Crippen molar-refractivity contribution < 1.29 is 19.0 Å². The molecule has 2 N–H and O–H groups in total. The smallest absolute Gasteiger partial charge is 0.407 e. The van der Waals surface area contributed by atoms with Gasteiger partial charge in [-0.2, -0.15) is 0 Å². The molecule has 168 valence electrons. The minimum absolute atomic E-state index is 0.0717. The standard InChI is InChI=1S/C24H27FN4O3/c1-24(2,3)14-32-23(31)26-16-10-11-29(13-16)22-18-12-15(25)8-9-19(18)27-21(28-22)17-6-4-5-7-20(17)30/h4-9,12,16,30H,10-11,13-14H2,1-3H3,(H,26,31)/t16-/m1/s1. The van der Waals surface area contributed by atoms with Crippen LogP contribution in [0.4, 0.5) is 15.0 Å². The molecule has 0 aliphatic carbocycles. The molecule has 1 aromatic heterocycles. The summed E-state index contributed by atoms with van der Waals surface area (Å²) in [7, 11) is 0. The Morgan fingerprint density at radius 1 is 1.25 bits per heavy atom. The van der Waals surface area contributed by atoms with Gasteiger partial charge < -0.3 is 20.1 Å². The van der Waals surface area contributed by atoms with Crippen molar-refractivity contribution in [1.29, 1.82) is 0 Å². The molecule has 1 aliphatic heterocycles. The number of nitrogens with zero attached hydrogens (tertiary/aromatic N) is 3. The van der Waals surface area contributed by atoms with Crippen molar-refractivity contribution in [3.05, 3.63) is 48.3 Å². The Bertz CT molecular complexity index is 1150. The van der Waals surface area contributed by atoms with Crippen molar-refractivity contribution in [2.75, 3.05) is 24.6 Å². The van der Waals surface area contributed by atoms with E-state index in [1.165, 1.54) is 12.1 Å². The first kappa shape index (κ1) is 21.8. The molecule has 7 nitrogen and oxygen atoms in total. The molecule has 2 aromatic carbocycles. The topological polar surface area (TPSA) is 87.6 Å². The number of benzene rings is 2. The van der Waals surface area contributed by atoms with Gasteiger partial charge in [-0.15, -0.1) is 0 Å². The highest BCUT2D eigenvalue weighted by atomic mass is 19.1. The third-order valence-corrected chi connectivity index (χ3v) is 5.23. The molecule has 32 heavy (non-hydrogen) atoms. The van der Waals surface area contributed by atoms with E-state index in [0.717, 1.165) is 0 Å². The van der Waals surface area contributed by atoms with E-state index in [1.807, 2.05) is 25.7 Å². The van der Waals surface area contributed by atoms with Crippen LogP contribution >= 0.6 is 0 Å². The van der Waals surface area contributed by atoms with Crippen molar-refractivity contribution >= 4 is 22.8 Å². The van der Waals surface area contributed by atoms with Gasteiger partial charge in [-0.05, 0) is 42.2 Å². The molecule has 1 aliphatic rings. The Labute approximate surface area is 186 Å². The van der Waals surface area contributed by atoms with Crippen molar-refractivity contribution in [1.82, 2.24) is 15.3 Å². The van der Waals surface area contributed by atoms with Gasteiger partial charge in [0.2, 0.25) is 0 Å². The van der Waals surface area contributed by atoms with Crippen LogP contribution in [0, 0.1) is 11.2 Å². The van der Waals surface area contributed by atoms with Gasteiger partial charge in [0.1, 0.15) is 17.4 Å². The number of hydrogen-bond acceptors (Lipinski definition) is 6. The lowest BCUT2D eigenvalue weighted by Gasteiger charge is -2.21. The van der Waals surface area contributed by atoms with Gasteiger partial charge in [-0.1, -0.05) is 32.9 Å². The highest BCUT2D eigenvalue weighted by molar-refractivity contribution is 5.91. The van der Waals surface area contributed by atoms with Gasteiger partial charge in [0.05, 0.1) is 23.7 Å². The van der Waals surface area contributed by atoms with Gasteiger partial charge in [0.25, 0.3) is 0 Å². The number of rotatable bonds is 4. The second-order valence-corrected chi connectivity index (χ2v) is 9.26. The van der Waals surface area contributed by atoms with Gasteiger partial charge in [-0.3, -0.25) is 0 Å². The Kier molecular flexibility index (Phi) is 5.86. The molecule has 0 radical (unpaired) electrons. The zero-order valence-corrected chi connectivity index (χ0v) is 18.4. The third kappa shape index (κ3) is 4.90. The van der Waals surface area contributed by atoms with Crippen LogP contribution in [0.25, 0.3) is 22.3 Å². The molecule has 0 bridgehead atoms. The number of ether oxygens (including phenoxy) is 1. The number of alkyl carbamates (subject to hydrolysis) is 1. The van der Waals surface area contributed by atoms with Crippen molar-refractivity contribution in [3.8, 4) is 17.1 Å². The minimum Gasteiger partial charge on any atom is -0.507 e. The number of phenols is 1. The van der Waals surface area contributed by atoms with Crippen LogP contribution in [0.15, 0.2) is 42.5 Å². The number of hydrogen-bond donors (Lipinski definition) is 2. The van der Waals surface area contributed by atoms with Crippen LogP contribution in [0.1, 0.15) is 27.2 Å². The summed E-state index contributed by atoms with van der Waals surface area (Å²) in [4.78, 5) is 23.4. The van der Waals surface area contributed by atoms with Crippen molar-refractivity contribution in [2.24, 2.45) is 5.41 Å². The van der Waals surface area contributed by atoms with E-state index in [9.17, 15) is 14.3 Å². The van der Waals surface area contributed by atoms with E-state index in [2.05, 4.69) is 15.3 Å². The molecule has 1 amide bonds. The summed E-state index contributed by atoms with van der Waals surface area (Å²) < 4.78 is 19.3. The first-order valence-electron chi connectivity index (χ1n) is 10.6. The summed E-state index contributed by atoms with van der Waals surface area (Å²) in [6.45, 7) is 7.46. The lowest BCUT2D eigenvalue weighted by Crippen LogP contribution is -2.38. The van der Waals surface area contributed by atoms with Crippen LogP contribution in [0.2, 0.25) is 0 Å². The Balaban J connectivity index is 1.60. The molecule has 8 heteroatoms. The number of para-hydroxylation sites is 1. The van der Waals surface area contributed by atoms with Crippen molar-refractivity contribution in [2.45, 2.75) is 33.2 Å². The number of carbonyl (C=O) groups is 1. The number of anilines is 1. The van der Waals surface area contributed by atoms with Gasteiger partial charge >= 0.3 is 6.09 Å². The summed E-state index contributed by atoms with van der Waals surface area (Å²) >= 11 is 0. The van der Waals surface area contributed by atoms with Crippen molar-refractivity contribution in [3.63, 3.8) is 0 Å². The van der Waals surface area contributed by atoms with E-state index in [1.54, 1.807) is 30.3 Å². The average Bonchev–Trinajstić information content (AvgIpc) is 3.19. The first-order valence-corrected chi connectivity index (χ1v) is 10.6. The van der Waals surface area contributed by atoms with E-state index in [0.29, 0.717) is 54.2 Å². The Hall–Kier alpha value is -3.42. The van der Waals surface area contributed by atoms with Gasteiger partial charge in [-0.25, -0.2) is 19.2 Å². The molecule has 2 heterocycles. The molecular weight excluding hydrogens is 411 g/mol. The summed E-state index contributed by atoms with van der Waals surface area (Å²) in [5.74, 6) is 0.623. The zero-order valence-electron chi connectivity index (χ0n) is 18.4. The molecule has 1 atom stereocenters. The number of halogens is 1. The van der Waals surface area contributed by atoms with Gasteiger partial charge in [0, 0.05) is 18.5 Å². The second kappa shape index (κ2) is 8.61. The molecule has 0 spiro atoms. The van der Waals surface area contributed by atoms with E-state index < -0.39 is 6.09 Å². The number of nitrogens with one attached hydrogen (secondary N) is 1. The summed E-state index contributed by atoms with van der Waals surface area (Å²) in [6, 6.07) is 11.1. The predicted octanol–water partition coefficient (Wildman–Crippen LogP) is 4.49. The fourth-order valence-corrected chi connectivity index (χ4v) is 3.67. The maximum absolute atomic E-state index is 14.0. The van der Waals surface area contributed by atoms with Crippen LogP contribution in [-0.4, -0.2) is 46.9 Å². The maximum Gasteiger partial charge on any atom is 0.407 e. The SMILES string of the molecule is CC(C)(C)COC(=O)N[C@@H]1CCN(c2nc(-c3ccccc3O)nc3ccc(F)cc23)C1. The van der Waals surface area contributed by atoms with Crippen LogP contribution in [-0.2, 0) is 4.74 Å². The molecule has 1 saturated heterocycles. The highest BCUT2D eigenvalue weighted by Crippen LogP contribution is 2.33. The van der Waals surface area contributed by atoms with E-state index >= 15 is 0 Å². The van der Waals surface area contributed by atoms with Crippen LogP contribution in [0.5, 0.6) is 5.75 Å². The number of aromatic hydroxyl groups is 1. The Morgan fingerprint density at radius 3 is 2.78 bits per heavy atom. The summed E-state index contributed by atoms with van der Waals surface area (Å²) in [6.07, 6.45) is 0.262. The average molecular weight is 439 g/mol. The maximum atomic E-state index is 14.0. The highest BCUT2D eigenvalue weighted by Gasteiger charge is 2.28. The number of carbonyl (C=O) groups excluding carboxylic acids is 1. The molecule has 0 unspecified atom stereocenters. The lowest BCUT2D eigenvalue weighted by atomic mass is 9.99. The number of aromatic nitrogens is 2.